The van der Waals surface area contributed by atoms with Gasteiger partial charge in [-0.15, -0.1) is 5.10 Å². The molecule has 0 aliphatic heterocycles. The van der Waals surface area contributed by atoms with Crippen LogP contribution in [0.4, 0.5) is 0 Å². The van der Waals surface area contributed by atoms with Gasteiger partial charge >= 0.3 is 0 Å². The molecule has 1 atom stereocenters. The molecule has 0 aliphatic carbocycles. The van der Waals surface area contributed by atoms with Crippen molar-refractivity contribution in [3.63, 3.8) is 0 Å². The molecular weight excluding hydrogens is 204 g/mol. The molecule has 1 aromatic rings. The lowest BCUT2D eigenvalue weighted by Gasteiger charge is -2.14. The number of hydrogen-bond donors (Lipinski definition) is 0. The van der Waals surface area contributed by atoms with E-state index >= 15 is 0 Å². The first-order valence-corrected chi connectivity index (χ1v) is 5.42. The molecule has 1 unspecified atom stereocenters. The van der Waals surface area contributed by atoms with Gasteiger partial charge in [0.1, 0.15) is 5.69 Å². The normalized spacial score (nSPS) is 12.8. The maximum atomic E-state index is 8.72. The van der Waals surface area contributed by atoms with Crippen LogP contribution in [0.15, 0.2) is 0 Å². The molecule has 0 saturated carbocycles. The number of nitrogens with zero attached hydrogens (tertiary/aromatic N) is 4. The highest BCUT2D eigenvalue weighted by Gasteiger charge is 2.18. The summed E-state index contributed by atoms with van der Waals surface area (Å²) in [6.07, 6.45) is 0.193. The zero-order valence-electron chi connectivity index (χ0n) is 10.3. The Balaban J connectivity index is 3.04. The van der Waals surface area contributed by atoms with E-state index in [1.807, 2.05) is 11.6 Å². The first-order valence-electron chi connectivity index (χ1n) is 5.42. The largest absolute Gasteiger partial charge is 0.375 e. The predicted octanol–water partition coefficient (Wildman–Crippen LogP) is 1.71. The third kappa shape index (κ3) is 2.80. The van der Waals surface area contributed by atoms with Crippen LogP contribution in [-0.2, 0) is 17.7 Å². The number of aromatic nitrogens is 3. The lowest BCUT2D eigenvalue weighted by atomic mass is 10.1. The Morgan fingerprint density at radius 1 is 1.44 bits per heavy atom. The van der Waals surface area contributed by atoms with Crippen LogP contribution in [0.25, 0.3) is 0 Å². The van der Waals surface area contributed by atoms with Gasteiger partial charge in [-0.25, -0.2) is 4.68 Å². The molecule has 1 heterocycles. The summed E-state index contributed by atoms with van der Waals surface area (Å²) in [6.45, 7) is 6.97. The van der Waals surface area contributed by atoms with Crippen molar-refractivity contribution in [1.82, 2.24) is 15.0 Å². The van der Waals surface area contributed by atoms with Gasteiger partial charge in [-0.3, -0.25) is 0 Å². The molecule has 5 nitrogen and oxygen atoms in total. The lowest BCUT2D eigenvalue weighted by Crippen LogP contribution is -2.13. The van der Waals surface area contributed by atoms with E-state index in [0.29, 0.717) is 5.92 Å². The summed E-state index contributed by atoms with van der Waals surface area (Å²) in [5.41, 5.74) is 1.63. The fraction of sp³-hybridized carbons (Fsp3) is 0.727. The second-order valence-corrected chi connectivity index (χ2v) is 4.21. The average Bonchev–Trinajstić information content (AvgIpc) is 2.60. The zero-order valence-corrected chi connectivity index (χ0v) is 10.3. The predicted molar refractivity (Wildman–Crippen MR) is 59.6 cm³/mol. The molecule has 1 rings (SSSR count). The van der Waals surface area contributed by atoms with E-state index in [-0.39, 0.29) is 12.5 Å². The molecule has 5 heteroatoms. The highest BCUT2D eigenvalue weighted by Crippen LogP contribution is 2.20. The van der Waals surface area contributed by atoms with Gasteiger partial charge in [0.2, 0.25) is 0 Å². The van der Waals surface area contributed by atoms with Crippen molar-refractivity contribution in [1.29, 1.82) is 5.26 Å². The summed E-state index contributed by atoms with van der Waals surface area (Å²) >= 11 is 0. The molecule has 0 saturated heterocycles. The second-order valence-electron chi connectivity index (χ2n) is 4.21. The van der Waals surface area contributed by atoms with Crippen LogP contribution in [0.3, 0.4) is 0 Å². The van der Waals surface area contributed by atoms with Crippen LogP contribution >= 0.6 is 0 Å². The van der Waals surface area contributed by atoms with Gasteiger partial charge in [0, 0.05) is 13.7 Å². The van der Waals surface area contributed by atoms with Gasteiger partial charge in [-0.1, -0.05) is 19.1 Å². The number of ether oxygens (including phenoxy) is 1. The van der Waals surface area contributed by atoms with E-state index in [1.165, 1.54) is 0 Å². The Morgan fingerprint density at radius 2 is 2.12 bits per heavy atom. The topological polar surface area (TPSA) is 63.7 Å². The lowest BCUT2D eigenvalue weighted by molar-refractivity contribution is 0.110. The van der Waals surface area contributed by atoms with Crippen LogP contribution in [-0.4, -0.2) is 22.1 Å². The number of rotatable bonds is 5. The highest BCUT2D eigenvalue weighted by atomic mass is 16.5. The fourth-order valence-electron chi connectivity index (χ4n) is 1.59. The minimum absolute atomic E-state index is 0.0860. The molecule has 88 valence electrons. The van der Waals surface area contributed by atoms with Gasteiger partial charge in [0.25, 0.3) is 0 Å². The van der Waals surface area contributed by atoms with Crippen molar-refractivity contribution in [2.45, 2.75) is 39.8 Å². The third-order valence-corrected chi connectivity index (χ3v) is 2.37. The van der Waals surface area contributed by atoms with Gasteiger partial charge in [0.15, 0.2) is 0 Å². The quantitative estimate of drug-likeness (QED) is 0.760. The molecule has 0 bridgehead atoms. The molecule has 0 aliphatic rings. The highest BCUT2D eigenvalue weighted by molar-refractivity contribution is 5.16. The number of nitriles is 1. The smallest absolute Gasteiger partial charge is 0.103 e. The molecule has 0 amide bonds. The molecule has 0 fully saturated rings. The minimum Gasteiger partial charge on any atom is -0.375 e. The second kappa shape index (κ2) is 5.61. The Bertz CT molecular complexity index is 378. The maximum absolute atomic E-state index is 8.72. The monoisotopic (exact) mass is 222 g/mol. The maximum Gasteiger partial charge on any atom is 0.103 e. The minimum atomic E-state index is -0.0860. The number of methoxy groups -OCH3 is 1. The average molecular weight is 222 g/mol. The first kappa shape index (κ1) is 12.7. The molecule has 16 heavy (non-hydrogen) atoms. The molecule has 0 radical (unpaired) electrons. The Hall–Kier alpha value is -1.41. The third-order valence-electron chi connectivity index (χ3n) is 2.37. The fourth-order valence-corrected chi connectivity index (χ4v) is 1.59. The Kier molecular flexibility index (Phi) is 4.44. The summed E-state index contributed by atoms with van der Waals surface area (Å²) in [6, 6.07) is 2.10. The molecule has 0 spiro atoms. The van der Waals surface area contributed by atoms with Crippen molar-refractivity contribution in [3.05, 3.63) is 11.4 Å². The Labute approximate surface area is 96.0 Å². The van der Waals surface area contributed by atoms with E-state index in [4.69, 9.17) is 10.00 Å². The summed E-state index contributed by atoms with van der Waals surface area (Å²) < 4.78 is 7.13. The summed E-state index contributed by atoms with van der Waals surface area (Å²) in [5.74, 6) is 0.486. The standard InChI is InChI=1S/C11H18N4O/c1-8(2)7-15-11(9(3)16-4)10(5-6-12)13-14-15/h8-9H,5,7H2,1-4H3. The van der Waals surface area contributed by atoms with Crippen molar-refractivity contribution in [2.24, 2.45) is 5.92 Å². The van der Waals surface area contributed by atoms with Crippen molar-refractivity contribution in [2.75, 3.05) is 7.11 Å². The van der Waals surface area contributed by atoms with Crippen LogP contribution < -0.4 is 0 Å². The van der Waals surface area contributed by atoms with Crippen LogP contribution in [0.5, 0.6) is 0 Å². The van der Waals surface area contributed by atoms with Gasteiger partial charge in [0.05, 0.1) is 24.3 Å². The van der Waals surface area contributed by atoms with Crippen molar-refractivity contribution < 1.29 is 4.74 Å². The molecular formula is C11H18N4O. The van der Waals surface area contributed by atoms with Crippen LogP contribution in [0.1, 0.15) is 38.3 Å². The van der Waals surface area contributed by atoms with Crippen LogP contribution in [0, 0.1) is 17.2 Å². The van der Waals surface area contributed by atoms with E-state index in [1.54, 1.807) is 7.11 Å². The molecule has 0 aromatic carbocycles. The summed E-state index contributed by atoms with van der Waals surface area (Å²) in [4.78, 5) is 0. The summed E-state index contributed by atoms with van der Waals surface area (Å²) in [5, 5.41) is 16.8. The molecule has 0 N–H and O–H groups in total. The first-order chi connectivity index (χ1) is 7.60. The zero-order chi connectivity index (χ0) is 12.1. The van der Waals surface area contributed by atoms with E-state index < -0.39 is 0 Å². The summed E-state index contributed by atoms with van der Waals surface area (Å²) in [7, 11) is 1.65. The van der Waals surface area contributed by atoms with Gasteiger partial charge in [-0.2, -0.15) is 5.26 Å². The SMILES string of the molecule is COC(C)c1c(CC#N)nnn1CC(C)C. The Morgan fingerprint density at radius 3 is 2.62 bits per heavy atom. The van der Waals surface area contributed by atoms with Gasteiger partial charge in [-0.05, 0) is 12.8 Å². The molecule has 1 aromatic heterocycles. The van der Waals surface area contributed by atoms with Gasteiger partial charge < -0.3 is 4.74 Å². The van der Waals surface area contributed by atoms with E-state index in [2.05, 4.69) is 30.2 Å². The van der Waals surface area contributed by atoms with E-state index in [9.17, 15) is 0 Å². The van der Waals surface area contributed by atoms with Crippen molar-refractivity contribution in [3.8, 4) is 6.07 Å². The van der Waals surface area contributed by atoms with Crippen molar-refractivity contribution >= 4 is 0 Å². The van der Waals surface area contributed by atoms with E-state index in [0.717, 1.165) is 17.9 Å². The number of hydrogen-bond acceptors (Lipinski definition) is 4. The van der Waals surface area contributed by atoms with Crippen LogP contribution in [0.2, 0.25) is 0 Å².